The van der Waals surface area contributed by atoms with Crippen molar-refractivity contribution in [3.63, 3.8) is 0 Å². The Bertz CT molecular complexity index is 1250. The topological polar surface area (TPSA) is 30.2 Å². The molecule has 0 atom stereocenters. The molecule has 2 bridgehead atoms. The standard InChI is InChI=1S/C19H9BrO2/c20-10-5-6-12-14(9-10)19(21)13-4-2-1-3-11(13)17-15-7-8-16(22-15)18(12)17/h1-9H. The summed E-state index contributed by atoms with van der Waals surface area (Å²) in [6.45, 7) is 0. The maximum absolute atomic E-state index is 13.0. The SMILES string of the molecule is O=c1c2ccccc2c2c3ccc(o3)c2c2ccc(Br)cc12. The molecular formula is C19H9BrO2. The fraction of sp³-hybridized carbons (Fsp3) is 0. The number of hydrogen-bond acceptors (Lipinski definition) is 2. The lowest BCUT2D eigenvalue weighted by Gasteiger charge is -1.95. The predicted molar refractivity (Wildman–Crippen MR) is 93.9 cm³/mol. The number of rotatable bonds is 0. The minimum atomic E-state index is 0.0573. The highest BCUT2D eigenvalue weighted by Gasteiger charge is 2.16. The van der Waals surface area contributed by atoms with Crippen molar-refractivity contribution in [3.05, 3.63) is 69.3 Å². The van der Waals surface area contributed by atoms with E-state index in [4.69, 9.17) is 4.42 Å². The second kappa shape index (κ2) is 4.08. The zero-order chi connectivity index (χ0) is 14.8. The first kappa shape index (κ1) is 12.2. The summed E-state index contributed by atoms with van der Waals surface area (Å²) in [7, 11) is 0. The van der Waals surface area contributed by atoms with Gasteiger partial charge in [-0.3, -0.25) is 4.79 Å². The third kappa shape index (κ3) is 1.41. The zero-order valence-electron chi connectivity index (χ0n) is 11.4. The molecule has 3 heteroatoms. The van der Waals surface area contributed by atoms with Gasteiger partial charge in [-0.15, -0.1) is 0 Å². The molecule has 0 N–H and O–H groups in total. The molecular weight excluding hydrogens is 340 g/mol. The quantitative estimate of drug-likeness (QED) is 0.372. The van der Waals surface area contributed by atoms with E-state index in [0.717, 1.165) is 42.6 Å². The summed E-state index contributed by atoms with van der Waals surface area (Å²) in [5, 5.41) is 5.38. The smallest absolute Gasteiger partial charge is 0.194 e. The first-order valence-electron chi connectivity index (χ1n) is 7.03. The summed E-state index contributed by atoms with van der Waals surface area (Å²) >= 11 is 3.47. The van der Waals surface area contributed by atoms with Gasteiger partial charge in [-0.05, 0) is 35.0 Å². The maximum Gasteiger partial charge on any atom is 0.194 e. The Morgan fingerprint density at radius 3 is 2.09 bits per heavy atom. The van der Waals surface area contributed by atoms with E-state index >= 15 is 0 Å². The molecule has 0 amide bonds. The van der Waals surface area contributed by atoms with Gasteiger partial charge < -0.3 is 4.42 Å². The Morgan fingerprint density at radius 2 is 1.36 bits per heavy atom. The van der Waals surface area contributed by atoms with Crippen molar-refractivity contribution in [3.8, 4) is 0 Å². The van der Waals surface area contributed by atoms with Crippen molar-refractivity contribution < 1.29 is 4.42 Å². The van der Waals surface area contributed by atoms with Crippen molar-refractivity contribution in [1.82, 2.24) is 0 Å². The molecule has 0 radical (unpaired) electrons. The van der Waals surface area contributed by atoms with E-state index < -0.39 is 0 Å². The third-order valence-electron chi connectivity index (χ3n) is 4.29. The van der Waals surface area contributed by atoms with Gasteiger partial charge in [-0.25, -0.2) is 0 Å². The predicted octanol–water partition coefficient (Wildman–Crippen LogP) is 5.45. The Balaban J connectivity index is 2.32. The van der Waals surface area contributed by atoms with Crippen molar-refractivity contribution in [2.45, 2.75) is 0 Å². The normalized spacial score (nSPS) is 12.0. The van der Waals surface area contributed by atoms with Crippen LogP contribution in [0.3, 0.4) is 0 Å². The average molecular weight is 349 g/mol. The first-order chi connectivity index (χ1) is 10.7. The Kier molecular flexibility index (Phi) is 2.26. The minimum Gasteiger partial charge on any atom is -0.456 e. The van der Waals surface area contributed by atoms with Crippen molar-refractivity contribution in [2.24, 2.45) is 0 Å². The van der Waals surface area contributed by atoms with Gasteiger partial charge in [0.15, 0.2) is 5.43 Å². The van der Waals surface area contributed by atoms with Gasteiger partial charge in [0.2, 0.25) is 0 Å². The second-order valence-electron chi connectivity index (χ2n) is 5.48. The maximum atomic E-state index is 13.0. The molecule has 5 rings (SSSR count). The van der Waals surface area contributed by atoms with E-state index in [1.807, 2.05) is 54.6 Å². The van der Waals surface area contributed by atoms with E-state index in [-0.39, 0.29) is 5.43 Å². The van der Waals surface area contributed by atoms with Gasteiger partial charge in [-0.1, -0.05) is 46.3 Å². The van der Waals surface area contributed by atoms with Gasteiger partial charge in [-0.2, -0.15) is 0 Å². The van der Waals surface area contributed by atoms with Crippen LogP contribution in [0, 0.1) is 0 Å². The molecule has 0 saturated carbocycles. The highest BCUT2D eigenvalue weighted by atomic mass is 79.9. The highest BCUT2D eigenvalue weighted by Crippen LogP contribution is 2.38. The molecule has 0 unspecified atom stereocenters. The molecule has 0 aliphatic rings. The molecule has 0 fully saturated rings. The van der Waals surface area contributed by atoms with Crippen LogP contribution in [0.25, 0.3) is 43.5 Å². The Labute approximate surface area is 133 Å². The minimum absolute atomic E-state index is 0.0573. The Hall–Kier alpha value is -2.39. The van der Waals surface area contributed by atoms with Crippen molar-refractivity contribution >= 4 is 59.4 Å². The fourth-order valence-corrected chi connectivity index (χ4v) is 3.72. The van der Waals surface area contributed by atoms with Crippen molar-refractivity contribution in [2.75, 3.05) is 0 Å². The summed E-state index contributed by atoms with van der Waals surface area (Å²) in [5.74, 6) is 0. The van der Waals surface area contributed by atoms with Crippen LogP contribution in [0.2, 0.25) is 0 Å². The molecule has 0 saturated heterocycles. The lowest BCUT2D eigenvalue weighted by atomic mass is 10.1. The summed E-state index contributed by atoms with van der Waals surface area (Å²) in [4.78, 5) is 13.0. The number of furan rings is 2. The van der Waals surface area contributed by atoms with Crippen LogP contribution in [-0.4, -0.2) is 0 Å². The summed E-state index contributed by atoms with van der Waals surface area (Å²) < 4.78 is 6.78. The van der Waals surface area contributed by atoms with Crippen LogP contribution in [0.1, 0.15) is 0 Å². The van der Waals surface area contributed by atoms with E-state index in [9.17, 15) is 4.79 Å². The van der Waals surface area contributed by atoms with Gasteiger partial charge in [0.05, 0.1) is 0 Å². The van der Waals surface area contributed by atoms with Crippen LogP contribution in [0.4, 0.5) is 0 Å². The van der Waals surface area contributed by atoms with Gasteiger partial charge in [0.1, 0.15) is 11.2 Å². The second-order valence-corrected chi connectivity index (χ2v) is 6.39. The van der Waals surface area contributed by atoms with Gasteiger partial charge in [0.25, 0.3) is 0 Å². The summed E-state index contributed by atoms with van der Waals surface area (Å²) in [6.07, 6.45) is 0. The third-order valence-corrected chi connectivity index (χ3v) is 4.78. The van der Waals surface area contributed by atoms with Crippen LogP contribution < -0.4 is 5.43 Å². The molecule has 104 valence electrons. The molecule has 5 aromatic rings. The van der Waals surface area contributed by atoms with E-state index in [0.29, 0.717) is 5.39 Å². The fourth-order valence-electron chi connectivity index (χ4n) is 3.35. The van der Waals surface area contributed by atoms with Gasteiger partial charge in [0, 0.05) is 26.0 Å². The molecule has 0 aliphatic heterocycles. The number of hydrogen-bond donors (Lipinski definition) is 0. The molecule has 3 aromatic carbocycles. The molecule has 2 heterocycles. The van der Waals surface area contributed by atoms with Crippen molar-refractivity contribution in [1.29, 1.82) is 0 Å². The van der Waals surface area contributed by atoms with E-state index in [2.05, 4.69) is 15.9 Å². The lowest BCUT2D eigenvalue weighted by molar-refractivity contribution is 0.679. The number of fused-ring (bicyclic) bond motifs is 9. The van der Waals surface area contributed by atoms with Crippen LogP contribution >= 0.6 is 15.9 Å². The van der Waals surface area contributed by atoms with Crippen LogP contribution in [-0.2, 0) is 0 Å². The summed E-state index contributed by atoms with van der Waals surface area (Å²) in [5.41, 5.74) is 1.72. The lowest BCUT2D eigenvalue weighted by Crippen LogP contribution is -1.97. The molecule has 2 nitrogen and oxygen atoms in total. The first-order valence-corrected chi connectivity index (χ1v) is 7.82. The average Bonchev–Trinajstić information content (AvgIpc) is 3.12. The molecule has 2 aromatic heterocycles. The zero-order valence-corrected chi connectivity index (χ0v) is 13.0. The van der Waals surface area contributed by atoms with Gasteiger partial charge >= 0.3 is 0 Å². The van der Waals surface area contributed by atoms with Crippen LogP contribution in [0.5, 0.6) is 0 Å². The number of halogens is 1. The van der Waals surface area contributed by atoms with E-state index in [1.54, 1.807) is 0 Å². The number of benzene rings is 3. The van der Waals surface area contributed by atoms with Crippen LogP contribution in [0.15, 0.2) is 68.3 Å². The van der Waals surface area contributed by atoms with E-state index in [1.165, 1.54) is 0 Å². The largest absolute Gasteiger partial charge is 0.456 e. The summed E-state index contributed by atoms with van der Waals surface area (Å²) in [6, 6.07) is 17.5. The monoisotopic (exact) mass is 348 g/mol. The highest BCUT2D eigenvalue weighted by molar-refractivity contribution is 9.10. The molecule has 0 aliphatic carbocycles. The molecule has 0 spiro atoms. The molecule has 22 heavy (non-hydrogen) atoms. The Morgan fingerprint density at radius 1 is 0.727 bits per heavy atom.